The number of thioether (sulfide) groups is 1. The van der Waals surface area contributed by atoms with Gasteiger partial charge in [0.1, 0.15) is 0 Å². The van der Waals surface area contributed by atoms with Crippen molar-refractivity contribution in [3.05, 3.63) is 11.7 Å². The molecule has 0 aliphatic rings. The molecule has 0 amide bonds. The van der Waals surface area contributed by atoms with Crippen LogP contribution in [-0.4, -0.2) is 15.4 Å². The summed E-state index contributed by atoms with van der Waals surface area (Å²) < 4.78 is 5.18. The van der Waals surface area contributed by atoms with E-state index in [-0.39, 0.29) is 6.04 Å². The van der Waals surface area contributed by atoms with Gasteiger partial charge in [-0.05, 0) is 11.2 Å². The minimum absolute atomic E-state index is 0.143. The van der Waals surface area contributed by atoms with Gasteiger partial charge in [0.05, 0.1) is 11.8 Å². The van der Waals surface area contributed by atoms with Crippen LogP contribution in [0.15, 0.2) is 4.52 Å². The van der Waals surface area contributed by atoms with Crippen LogP contribution >= 0.6 is 11.8 Å². The first-order chi connectivity index (χ1) is 7.54. The second-order valence-corrected chi connectivity index (χ2v) is 5.88. The topological polar surface area (TPSA) is 64.9 Å². The number of rotatable bonds is 6. The highest BCUT2D eigenvalue weighted by Gasteiger charge is 2.19. The maximum absolute atomic E-state index is 6.02. The second kappa shape index (κ2) is 6.25. The number of nitrogens with zero attached hydrogens (tertiary/aromatic N) is 2. The Hall–Kier alpha value is -0.550. The van der Waals surface area contributed by atoms with Crippen molar-refractivity contribution in [1.82, 2.24) is 10.1 Å². The molecule has 2 atom stereocenters. The van der Waals surface area contributed by atoms with Crippen LogP contribution in [0.1, 0.15) is 51.9 Å². The lowest BCUT2D eigenvalue weighted by Crippen LogP contribution is -2.18. The van der Waals surface area contributed by atoms with Gasteiger partial charge < -0.3 is 10.3 Å². The lowest BCUT2D eigenvalue weighted by atomic mass is 10.0. The average molecular weight is 243 g/mol. The van der Waals surface area contributed by atoms with E-state index in [0.717, 1.165) is 18.0 Å². The van der Waals surface area contributed by atoms with Crippen molar-refractivity contribution in [2.75, 3.05) is 0 Å². The molecule has 0 saturated heterocycles. The third kappa shape index (κ3) is 3.79. The van der Waals surface area contributed by atoms with Gasteiger partial charge in [-0.2, -0.15) is 16.7 Å². The largest absolute Gasteiger partial charge is 0.338 e. The summed E-state index contributed by atoms with van der Waals surface area (Å²) in [5.74, 6) is 2.46. The molecule has 0 aromatic carbocycles. The quantitative estimate of drug-likeness (QED) is 0.832. The molecule has 1 rings (SSSR count). The molecule has 1 unspecified atom stereocenters. The van der Waals surface area contributed by atoms with E-state index < -0.39 is 0 Å². The minimum Gasteiger partial charge on any atom is -0.338 e. The van der Waals surface area contributed by atoms with Crippen molar-refractivity contribution in [1.29, 1.82) is 0 Å². The predicted octanol–water partition coefficient (Wildman–Crippen LogP) is 2.76. The van der Waals surface area contributed by atoms with E-state index in [2.05, 4.69) is 37.8 Å². The predicted molar refractivity (Wildman–Crippen MR) is 67.1 cm³/mol. The first kappa shape index (κ1) is 13.5. The maximum atomic E-state index is 6.02. The highest BCUT2D eigenvalue weighted by atomic mass is 32.2. The Morgan fingerprint density at radius 3 is 2.62 bits per heavy atom. The molecule has 1 heterocycles. The van der Waals surface area contributed by atoms with Crippen LogP contribution in [-0.2, 0) is 5.75 Å². The first-order valence-electron chi connectivity index (χ1n) is 5.74. The van der Waals surface area contributed by atoms with Crippen LogP contribution in [0.2, 0.25) is 0 Å². The van der Waals surface area contributed by atoms with Gasteiger partial charge in [0.15, 0.2) is 5.82 Å². The molecule has 0 bridgehead atoms. The monoisotopic (exact) mass is 243 g/mol. The molecule has 0 saturated carbocycles. The highest BCUT2D eigenvalue weighted by Crippen LogP contribution is 2.21. The Kier molecular flexibility index (Phi) is 5.28. The van der Waals surface area contributed by atoms with Crippen molar-refractivity contribution >= 4 is 11.8 Å². The standard InChI is InChI=1S/C11H21N3OS/c1-5-8(4)10(12)11-13-9(14-15-11)6-16-7(2)3/h7-8,10H,5-6,12H2,1-4H3/t8?,10-/m0/s1. The van der Waals surface area contributed by atoms with Crippen molar-refractivity contribution < 1.29 is 4.52 Å². The van der Waals surface area contributed by atoms with E-state index in [1.807, 2.05) is 0 Å². The fraction of sp³-hybridized carbons (Fsp3) is 0.818. The van der Waals surface area contributed by atoms with Crippen LogP contribution in [0, 0.1) is 5.92 Å². The van der Waals surface area contributed by atoms with Gasteiger partial charge in [-0.25, -0.2) is 0 Å². The first-order valence-corrected chi connectivity index (χ1v) is 6.79. The molecule has 5 heteroatoms. The summed E-state index contributed by atoms with van der Waals surface area (Å²) in [5, 5.41) is 4.51. The zero-order valence-electron chi connectivity index (χ0n) is 10.4. The van der Waals surface area contributed by atoms with Crippen LogP contribution in [0.4, 0.5) is 0 Å². The number of hydrogen-bond donors (Lipinski definition) is 1. The van der Waals surface area contributed by atoms with Crippen LogP contribution in [0.25, 0.3) is 0 Å². The molecule has 1 aromatic rings. The van der Waals surface area contributed by atoms with Gasteiger partial charge in [0.25, 0.3) is 0 Å². The summed E-state index contributed by atoms with van der Waals surface area (Å²) in [6.07, 6.45) is 1.01. The number of nitrogens with two attached hydrogens (primary N) is 1. The van der Waals surface area contributed by atoms with Crippen LogP contribution < -0.4 is 5.73 Å². The van der Waals surface area contributed by atoms with Gasteiger partial charge >= 0.3 is 0 Å². The normalized spacial score (nSPS) is 15.4. The Balaban J connectivity index is 2.57. The molecular weight excluding hydrogens is 222 g/mol. The summed E-state index contributed by atoms with van der Waals surface area (Å²) >= 11 is 1.80. The summed E-state index contributed by atoms with van der Waals surface area (Å²) in [6.45, 7) is 8.50. The van der Waals surface area contributed by atoms with Gasteiger partial charge in [-0.3, -0.25) is 0 Å². The zero-order chi connectivity index (χ0) is 12.1. The minimum atomic E-state index is -0.143. The smallest absolute Gasteiger partial charge is 0.243 e. The van der Waals surface area contributed by atoms with Crippen molar-refractivity contribution in [3.8, 4) is 0 Å². The van der Waals surface area contributed by atoms with Crippen molar-refractivity contribution in [2.45, 2.75) is 51.2 Å². The Morgan fingerprint density at radius 2 is 2.06 bits per heavy atom. The van der Waals surface area contributed by atoms with E-state index in [9.17, 15) is 0 Å². The molecule has 4 nitrogen and oxygen atoms in total. The summed E-state index contributed by atoms with van der Waals surface area (Å²) in [4.78, 5) is 4.33. The van der Waals surface area contributed by atoms with Crippen LogP contribution in [0.5, 0.6) is 0 Å². The van der Waals surface area contributed by atoms with Gasteiger partial charge in [0, 0.05) is 0 Å². The lowest BCUT2D eigenvalue weighted by molar-refractivity contribution is 0.311. The molecule has 0 aliphatic heterocycles. The molecule has 16 heavy (non-hydrogen) atoms. The van der Waals surface area contributed by atoms with Crippen LogP contribution in [0.3, 0.4) is 0 Å². The summed E-state index contributed by atoms with van der Waals surface area (Å²) in [6, 6.07) is -0.143. The third-order valence-electron chi connectivity index (χ3n) is 2.57. The summed E-state index contributed by atoms with van der Waals surface area (Å²) in [7, 11) is 0. The lowest BCUT2D eigenvalue weighted by Gasteiger charge is -2.12. The number of aromatic nitrogens is 2. The van der Waals surface area contributed by atoms with Gasteiger partial charge in [-0.15, -0.1) is 0 Å². The molecule has 0 aliphatic carbocycles. The fourth-order valence-electron chi connectivity index (χ4n) is 1.20. The molecule has 1 aromatic heterocycles. The zero-order valence-corrected chi connectivity index (χ0v) is 11.3. The Labute approximate surface area is 101 Å². The third-order valence-corrected chi connectivity index (χ3v) is 3.66. The fourth-order valence-corrected chi connectivity index (χ4v) is 1.80. The number of hydrogen-bond acceptors (Lipinski definition) is 5. The molecule has 0 fully saturated rings. The molecule has 0 spiro atoms. The Morgan fingerprint density at radius 1 is 1.38 bits per heavy atom. The van der Waals surface area contributed by atoms with E-state index in [0.29, 0.717) is 17.1 Å². The molecular formula is C11H21N3OS. The van der Waals surface area contributed by atoms with E-state index >= 15 is 0 Å². The van der Waals surface area contributed by atoms with Crippen molar-refractivity contribution in [3.63, 3.8) is 0 Å². The van der Waals surface area contributed by atoms with E-state index in [1.165, 1.54) is 0 Å². The molecule has 0 radical (unpaired) electrons. The van der Waals surface area contributed by atoms with Gasteiger partial charge in [0.2, 0.25) is 5.89 Å². The molecule has 92 valence electrons. The Bertz CT molecular complexity index is 314. The van der Waals surface area contributed by atoms with Gasteiger partial charge in [-0.1, -0.05) is 39.3 Å². The molecule has 2 N–H and O–H groups in total. The van der Waals surface area contributed by atoms with Crippen molar-refractivity contribution in [2.24, 2.45) is 11.7 Å². The van der Waals surface area contributed by atoms with E-state index in [1.54, 1.807) is 11.8 Å². The average Bonchev–Trinajstić information content (AvgIpc) is 2.72. The highest BCUT2D eigenvalue weighted by molar-refractivity contribution is 7.99. The SMILES string of the molecule is CCC(C)[C@H](N)c1nc(CSC(C)C)no1. The second-order valence-electron chi connectivity index (χ2n) is 4.32. The van der Waals surface area contributed by atoms with E-state index in [4.69, 9.17) is 10.3 Å². The summed E-state index contributed by atoms with van der Waals surface area (Å²) in [5.41, 5.74) is 6.02. The maximum Gasteiger partial charge on any atom is 0.243 e.